The SMILES string of the molecule is CC(C)(C)OC(=O)N1C[C@@H]2CCOc3cccc(O)c3[C@H]2C1. The third-order valence-electron chi connectivity index (χ3n) is 4.25. The van der Waals surface area contributed by atoms with E-state index in [0.717, 1.165) is 17.7 Å². The van der Waals surface area contributed by atoms with Gasteiger partial charge in [0.25, 0.3) is 0 Å². The number of phenols is 1. The lowest BCUT2D eigenvalue weighted by molar-refractivity contribution is 0.0284. The molecule has 0 saturated carbocycles. The summed E-state index contributed by atoms with van der Waals surface area (Å²) in [7, 11) is 0. The Morgan fingerprint density at radius 3 is 2.86 bits per heavy atom. The summed E-state index contributed by atoms with van der Waals surface area (Å²) in [6, 6.07) is 5.35. The zero-order valence-electron chi connectivity index (χ0n) is 13.3. The number of aromatic hydroxyl groups is 1. The third-order valence-corrected chi connectivity index (χ3v) is 4.25. The molecule has 120 valence electrons. The summed E-state index contributed by atoms with van der Waals surface area (Å²) in [5, 5.41) is 10.2. The molecule has 1 aromatic carbocycles. The Balaban J connectivity index is 1.84. The van der Waals surface area contributed by atoms with Gasteiger partial charge in [0.15, 0.2) is 0 Å². The molecule has 0 aromatic heterocycles. The summed E-state index contributed by atoms with van der Waals surface area (Å²) in [4.78, 5) is 14.0. The minimum atomic E-state index is -0.495. The molecule has 1 saturated heterocycles. The van der Waals surface area contributed by atoms with Crippen molar-refractivity contribution in [2.75, 3.05) is 19.7 Å². The van der Waals surface area contributed by atoms with Crippen LogP contribution in [0, 0.1) is 5.92 Å². The first-order chi connectivity index (χ1) is 10.3. The minimum Gasteiger partial charge on any atom is -0.508 e. The number of fused-ring (bicyclic) bond motifs is 3. The smallest absolute Gasteiger partial charge is 0.410 e. The molecule has 0 spiro atoms. The van der Waals surface area contributed by atoms with Crippen LogP contribution in [0.3, 0.4) is 0 Å². The Bertz CT molecular complexity index is 579. The van der Waals surface area contributed by atoms with Gasteiger partial charge in [-0.15, -0.1) is 0 Å². The van der Waals surface area contributed by atoms with E-state index in [-0.39, 0.29) is 17.8 Å². The number of hydrogen-bond donors (Lipinski definition) is 1. The van der Waals surface area contributed by atoms with Gasteiger partial charge in [-0.1, -0.05) is 6.07 Å². The molecule has 1 aromatic rings. The molecule has 2 aliphatic heterocycles. The molecule has 1 amide bonds. The van der Waals surface area contributed by atoms with E-state index in [1.165, 1.54) is 0 Å². The van der Waals surface area contributed by atoms with Crippen molar-refractivity contribution in [1.29, 1.82) is 0 Å². The van der Waals surface area contributed by atoms with Crippen LogP contribution in [-0.2, 0) is 4.74 Å². The molecular weight excluding hydrogens is 282 g/mol. The summed E-state index contributed by atoms with van der Waals surface area (Å²) >= 11 is 0. The predicted molar refractivity (Wildman–Crippen MR) is 82.3 cm³/mol. The normalized spacial score (nSPS) is 24.0. The highest BCUT2D eigenvalue weighted by Crippen LogP contribution is 2.45. The molecule has 2 heterocycles. The average Bonchev–Trinajstić information content (AvgIpc) is 2.73. The lowest BCUT2D eigenvalue weighted by Crippen LogP contribution is -2.35. The third kappa shape index (κ3) is 2.85. The van der Waals surface area contributed by atoms with Gasteiger partial charge < -0.3 is 19.5 Å². The molecule has 2 atom stereocenters. The van der Waals surface area contributed by atoms with Crippen molar-refractivity contribution in [3.63, 3.8) is 0 Å². The molecule has 1 fully saturated rings. The van der Waals surface area contributed by atoms with Gasteiger partial charge in [-0.3, -0.25) is 0 Å². The van der Waals surface area contributed by atoms with E-state index in [1.54, 1.807) is 17.0 Å². The molecule has 0 radical (unpaired) electrons. The van der Waals surface area contributed by atoms with Crippen LogP contribution in [0.1, 0.15) is 38.7 Å². The highest BCUT2D eigenvalue weighted by molar-refractivity contribution is 5.69. The first-order valence-corrected chi connectivity index (χ1v) is 7.78. The maximum atomic E-state index is 12.3. The number of likely N-dealkylation sites (tertiary alicyclic amines) is 1. The summed E-state index contributed by atoms with van der Waals surface area (Å²) in [5.41, 5.74) is 0.335. The highest BCUT2D eigenvalue weighted by atomic mass is 16.6. The van der Waals surface area contributed by atoms with Crippen LogP contribution in [0.25, 0.3) is 0 Å². The van der Waals surface area contributed by atoms with Crippen LogP contribution < -0.4 is 4.74 Å². The zero-order valence-corrected chi connectivity index (χ0v) is 13.3. The van der Waals surface area contributed by atoms with Crippen LogP contribution in [0.5, 0.6) is 11.5 Å². The van der Waals surface area contributed by atoms with Crippen LogP contribution >= 0.6 is 0 Å². The van der Waals surface area contributed by atoms with Crippen LogP contribution in [0.2, 0.25) is 0 Å². The van der Waals surface area contributed by atoms with Crippen molar-refractivity contribution in [2.45, 2.75) is 38.7 Å². The van der Waals surface area contributed by atoms with E-state index in [1.807, 2.05) is 26.8 Å². The molecule has 0 unspecified atom stereocenters. The Kier molecular flexibility index (Phi) is 3.67. The van der Waals surface area contributed by atoms with Gasteiger partial charge in [-0.05, 0) is 45.2 Å². The lowest BCUT2D eigenvalue weighted by Gasteiger charge is -2.24. The zero-order chi connectivity index (χ0) is 15.9. The van der Waals surface area contributed by atoms with E-state index in [0.29, 0.717) is 25.6 Å². The molecule has 1 N–H and O–H groups in total. The molecule has 22 heavy (non-hydrogen) atoms. The molecular formula is C17H23NO4. The summed E-state index contributed by atoms with van der Waals surface area (Å²) in [5.74, 6) is 1.38. The summed E-state index contributed by atoms with van der Waals surface area (Å²) < 4.78 is 11.2. The van der Waals surface area contributed by atoms with Gasteiger partial charge in [0.2, 0.25) is 0 Å². The topological polar surface area (TPSA) is 59.0 Å². The van der Waals surface area contributed by atoms with Crippen molar-refractivity contribution in [1.82, 2.24) is 4.90 Å². The van der Waals surface area contributed by atoms with E-state index in [4.69, 9.17) is 9.47 Å². The number of carbonyl (C=O) groups excluding carboxylic acids is 1. The molecule has 3 rings (SSSR count). The number of ether oxygens (including phenoxy) is 2. The quantitative estimate of drug-likeness (QED) is 0.800. The Hall–Kier alpha value is -1.91. The van der Waals surface area contributed by atoms with Crippen molar-refractivity contribution in [2.24, 2.45) is 5.92 Å². The number of phenolic OH excluding ortho intramolecular Hbond substituents is 1. The Labute approximate surface area is 130 Å². The van der Waals surface area contributed by atoms with Crippen LogP contribution in [0.4, 0.5) is 4.79 Å². The number of hydrogen-bond acceptors (Lipinski definition) is 4. The second-order valence-corrected chi connectivity index (χ2v) is 7.08. The molecule has 5 heteroatoms. The Morgan fingerprint density at radius 2 is 2.14 bits per heavy atom. The highest BCUT2D eigenvalue weighted by Gasteiger charge is 2.41. The minimum absolute atomic E-state index is 0.103. The number of benzene rings is 1. The summed E-state index contributed by atoms with van der Waals surface area (Å²) in [6.45, 7) is 7.43. The predicted octanol–water partition coefficient (Wildman–Crippen LogP) is 3.13. The van der Waals surface area contributed by atoms with Crippen LogP contribution in [-0.4, -0.2) is 41.4 Å². The average molecular weight is 305 g/mol. The number of nitrogens with zero attached hydrogens (tertiary/aromatic N) is 1. The number of rotatable bonds is 0. The second-order valence-electron chi connectivity index (χ2n) is 7.08. The second kappa shape index (κ2) is 5.38. The fourth-order valence-electron chi connectivity index (χ4n) is 3.32. The largest absolute Gasteiger partial charge is 0.508 e. The van der Waals surface area contributed by atoms with E-state index in [2.05, 4.69) is 0 Å². The first kappa shape index (κ1) is 15.0. The van der Waals surface area contributed by atoms with Gasteiger partial charge in [0, 0.05) is 24.6 Å². The maximum absolute atomic E-state index is 12.3. The van der Waals surface area contributed by atoms with Gasteiger partial charge in [-0.25, -0.2) is 4.79 Å². The van der Waals surface area contributed by atoms with Crippen molar-refractivity contribution in [3.8, 4) is 11.5 Å². The lowest BCUT2D eigenvalue weighted by atomic mass is 9.87. The van der Waals surface area contributed by atoms with Gasteiger partial charge in [0.05, 0.1) is 6.61 Å². The van der Waals surface area contributed by atoms with E-state index >= 15 is 0 Å². The standard InChI is InChI=1S/C17H23NO4/c1-17(2,3)22-16(20)18-9-11-7-8-21-14-6-4-5-13(19)15(14)12(11)10-18/h4-6,11-12,19H,7-10H2,1-3H3/t11-,12-/m0/s1. The Morgan fingerprint density at radius 1 is 1.36 bits per heavy atom. The van der Waals surface area contributed by atoms with Crippen molar-refractivity contribution in [3.05, 3.63) is 23.8 Å². The van der Waals surface area contributed by atoms with Crippen molar-refractivity contribution >= 4 is 6.09 Å². The molecule has 0 bridgehead atoms. The summed E-state index contributed by atoms with van der Waals surface area (Å²) in [6.07, 6.45) is 0.594. The fraction of sp³-hybridized carbons (Fsp3) is 0.588. The van der Waals surface area contributed by atoms with Crippen LogP contribution in [0.15, 0.2) is 18.2 Å². The van der Waals surface area contributed by atoms with Gasteiger partial charge in [0.1, 0.15) is 17.1 Å². The fourth-order valence-corrected chi connectivity index (χ4v) is 3.32. The maximum Gasteiger partial charge on any atom is 0.410 e. The molecule has 0 aliphatic carbocycles. The van der Waals surface area contributed by atoms with Crippen molar-refractivity contribution < 1.29 is 19.4 Å². The monoisotopic (exact) mass is 305 g/mol. The number of amides is 1. The first-order valence-electron chi connectivity index (χ1n) is 7.78. The molecule has 2 aliphatic rings. The molecule has 5 nitrogen and oxygen atoms in total. The number of carbonyl (C=O) groups is 1. The van der Waals surface area contributed by atoms with Gasteiger partial charge >= 0.3 is 6.09 Å². The van der Waals surface area contributed by atoms with E-state index in [9.17, 15) is 9.90 Å². The van der Waals surface area contributed by atoms with Gasteiger partial charge in [-0.2, -0.15) is 0 Å². The van der Waals surface area contributed by atoms with E-state index < -0.39 is 5.60 Å².